The largest absolute Gasteiger partial charge is 0.349 e. The molecule has 0 spiro atoms. The highest BCUT2D eigenvalue weighted by Crippen LogP contribution is 2.36. The van der Waals surface area contributed by atoms with Gasteiger partial charge in [-0.05, 0) is 95.6 Å². The predicted octanol–water partition coefficient (Wildman–Crippen LogP) is 6.62. The molecular formula is C47H63N5O4. The van der Waals surface area contributed by atoms with Crippen LogP contribution in [0.1, 0.15) is 131 Å². The quantitative estimate of drug-likeness (QED) is 0.173. The van der Waals surface area contributed by atoms with Crippen LogP contribution in [0.25, 0.3) is 0 Å². The number of nitrogens with one attached hydrogen (secondary N) is 2. The summed E-state index contributed by atoms with van der Waals surface area (Å²) in [6.45, 7) is 12.1. The van der Waals surface area contributed by atoms with Crippen LogP contribution in [0, 0.1) is 16.7 Å². The molecule has 0 aromatic heterocycles. The van der Waals surface area contributed by atoms with Crippen LogP contribution in [0.5, 0.6) is 0 Å². The zero-order valence-electron chi connectivity index (χ0n) is 34.3. The van der Waals surface area contributed by atoms with Crippen molar-refractivity contribution in [2.45, 2.75) is 135 Å². The summed E-state index contributed by atoms with van der Waals surface area (Å²) in [5, 5.41) is 6.61. The van der Waals surface area contributed by atoms with Crippen molar-refractivity contribution in [2.75, 3.05) is 6.54 Å². The van der Waals surface area contributed by atoms with Crippen molar-refractivity contribution in [2.24, 2.45) is 28.2 Å². The molecular weight excluding hydrogens is 699 g/mol. The highest BCUT2D eigenvalue weighted by molar-refractivity contribution is 5.92. The van der Waals surface area contributed by atoms with Gasteiger partial charge in [0.25, 0.3) is 0 Å². The van der Waals surface area contributed by atoms with E-state index in [-0.39, 0.29) is 47.9 Å². The van der Waals surface area contributed by atoms with E-state index in [0.29, 0.717) is 19.4 Å². The summed E-state index contributed by atoms with van der Waals surface area (Å²) in [4.78, 5) is 57.3. The van der Waals surface area contributed by atoms with Gasteiger partial charge in [-0.2, -0.15) is 0 Å². The molecule has 1 saturated heterocycles. The monoisotopic (exact) mass is 761 g/mol. The molecule has 9 heteroatoms. The van der Waals surface area contributed by atoms with E-state index in [1.54, 1.807) is 4.90 Å². The fourth-order valence-electron chi connectivity index (χ4n) is 8.80. The number of carbonyl (C=O) groups excluding carboxylic acids is 4. The summed E-state index contributed by atoms with van der Waals surface area (Å²) < 4.78 is 0. The first-order chi connectivity index (χ1) is 26.5. The van der Waals surface area contributed by atoms with Crippen LogP contribution in [-0.4, -0.2) is 53.1 Å². The molecule has 2 unspecified atom stereocenters. The van der Waals surface area contributed by atoms with Gasteiger partial charge in [-0.15, -0.1) is 0 Å². The Labute approximate surface area is 333 Å². The van der Waals surface area contributed by atoms with Crippen LogP contribution in [0.3, 0.4) is 0 Å². The van der Waals surface area contributed by atoms with Crippen LogP contribution in [0.15, 0.2) is 72.8 Å². The van der Waals surface area contributed by atoms with E-state index >= 15 is 0 Å². The summed E-state index contributed by atoms with van der Waals surface area (Å²) in [5.74, 6) is -1.29. The molecule has 6 N–H and O–H groups in total. The molecule has 300 valence electrons. The molecule has 0 bridgehead atoms. The molecule has 1 aliphatic heterocycles. The van der Waals surface area contributed by atoms with Gasteiger partial charge in [0.05, 0.1) is 24.2 Å². The van der Waals surface area contributed by atoms with Crippen LogP contribution < -0.4 is 22.1 Å². The zero-order chi connectivity index (χ0) is 40.4. The number of hydrogen-bond acceptors (Lipinski definition) is 6. The first-order valence-electron chi connectivity index (χ1n) is 20.7. The van der Waals surface area contributed by atoms with Gasteiger partial charge in [-0.1, -0.05) is 114 Å². The smallest absolute Gasteiger partial charge is 0.243 e. The zero-order valence-corrected chi connectivity index (χ0v) is 34.3. The Morgan fingerprint density at radius 1 is 0.732 bits per heavy atom. The third-order valence-corrected chi connectivity index (χ3v) is 12.5. The van der Waals surface area contributed by atoms with E-state index < -0.39 is 34.9 Å². The highest BCUT2D eigenvalue weighted by Gasteiger charge is 2.44. The molecule has 7 atom stereocenters. The Bertz CT molecular complexity index is 1890. The molecule has 9 nitrogen and oxygen atoms in total. The van der Waals surface area contributed by atoms with E-state index in [0.717, 1.165) is 60.8 Å². The summed E-state index contributed by atoms with van der Waals surface area (Å²) in [7, 11) is 0. The minimum absolute atomic E-state index is 0.0520. The van der Waals surface area contributed by atoms with Crippen molar-refractivity contribution in [1.82, 2.24) is 15.5 Å². The molecule has 0 radical (unpaired) electrons. The topological polar surface area (TPSA) is 148 Å². The van der Waals surface area contributed by atoms with Crippen molar-refractivity contribution in [3.8, 4) is 0 Å². The third kappa shape index (κ3) is 9.43. The molecule has 56 heavy (non-hydrogen) atoms. The lowest BCUT2D eigenvalue weighted by Gasteiger charge is -2.34. The van der Waals surface area contributed by atoms with Crippen molar-refractivity contribution < 1.29 is 19.2 Å². The van der Waals surface area contributed by atoms with Crippen molar-refractivity contribution in [3.05, 3.63) is 106 Å². The van der Waals surface area contributed by atoms with Gasteiger partial charge in [0.15, 0.2) is 5.78 Å². The van der Waals surface area contributed by atoms with Gasteiger partial charge in [0.2, 0.25) is 17.7 Å². The molecule has 3 amide bonds. The minimum atomic E-state index is -0.756. The number of Topliss-reactive ketones (excluding diaryl/α,β-unsaturated/α-hetero) is 1. The Morgan fingerprint density at radius 2 is 1.27 bits per heavy atom. The Balaban J connectivity index is 1.20. The number of nitrogens with zero attached hydrogens (tertiary/aromatic N) is 1. The van der Waals surface area contributed by atoms with Crippen molar-refractivity contribution in [1.29, 1.82) is 0 Å². The fraction of sp³-hybridized carbons (Fsp3) is 0.532. The summed E-state index contributed by atoms with van der Waals surface area (Å²) in [5.41, 5.74) is 18.8. The van der Waals surface area contributed by atoms with E-state index in [1.807, 2.05) is 90.1 Å². The number of ketones is 1. The Hall–Kier alpha value is -4.34. The second-order valence-corrected chi connectivity index (χ2v) is 18.7. The highest BCUT2D eigenvalue weighted by atomic mass is 16.2. The second kappa shape index (κ2) is 17.0. The van der Waals surface area contributed by atoms with Crippen LogP contribution in [-0.2, 0) is 38.4 Å². The molecule has 3 aromatic carbocycles. The summed E-state index contributed by atoms with van der Waals surface area (Å²) in [6, 6.07) is 22.4. The number of carbonyl (C=O) groups is 4. The van der Waals surface area contributed by atoms with Gasteiger partial charge >= 0.3 is 0 Å². The van der Waals surface area contributed by atoms with Crippen LogP contribution in [0.2, 0.25) is 0 Å². The number of amides is 3. The fourth-order valence-corrected chi connectivity index (χ4v) is 8.80. The van der Waals surface area contributed by atoms with Crippen LogP contribution >= 0.6 is 0 Å². The number of likely N-dealkylation sites (tertiary alicyclic amines) is 1. The maximum atomic E-state index is 14.1. The molecule has 1 fully saturated rings. The molecule has 3 aromatic rings. The SMILES string of the molecule is CC(C)(C)[C@H](N)C(=O)C[C@@H](Cc1ccc([C@H]2C[C@@H](C(=O)NC3CCCc4ccccc43)N(C(=O)[C@@H](N)C(C)(C)C)C2)cc1)C(=O)NC1CCCc2ccccc21. The maximum Gasteiger partial charge on any atom is 0.243 e. The maximum absolute atomic E-state index is 14.1. The number of hydrogen-bond donors (Lipinski definition) is 4. The third-order valence-electron chi connectivity index (χ3n) is 12.5. The van der Waals surface area contributed by atoms with Gasteiger partial charge in [-0.25, -0.2) is 0 Å². The number of nitrogens with two attached hydrogens (primary N) is 2. The van der Waals surface area contributed by atoms with Crippen LogP contribution in [0.4, 0.5) is 0 Å². The lowest BCUT2D eigenvalue weighted by atomic mass is 9.81. The number of fused-ring (bicyclic) bond motifs is 2. The molecule has 3 aliphatic rings. The van der Waals surface area contributed by atoms with E-state index in [1.165, 1.54) is 11.1 Å². The lowest BCUT2D eigenvalue weighted by Crippen LogP contribution is -2.55. The van der Waals surface area contributed by atoms with Gasteiger partial charge in [0, 0.05) is 24.8 Å². The minimum Gasteiger partial charge on any atom is -0.349 e. The summed E-state index contributed by atoms with van der Waals surface area (Å²) in [6.07, 6.45) is 6.60. The number of rotatable bonds is 11. The molecule has 6 rings (SSSR count). The summed E-state index contributed by atoms with van der Waals surface area (Å²) >= 11 is 0. The van der Waals surface area contributed by atoms with Crippen molar-refractivity contribution in [3.63, 3.8) is 0 Å². The molecule has 1 heterocycles. The number of benzene rings is 3. The molecule has 2 aliphatic carbocycles. The predicted molar refractivity (Wildman–Crippen MR) is 222 cm³/mol. The first kappa shape index (κ1) is 41.3. The van der Waals surface area contributed by atoms with Crippen molar-refractivity contribution >= 4 is 23.5 Å². The van der Waals surface area contributed by atoms with E-state index in [9.17, 15) is 19.2 Å². The average Bonchev–Trinajstić information content (AvgIpc) is 3.62. The molecule has 0 saturated carbocycles. The standard InChI is InChI=1S/C47H63N5O4/c1-46(2,3)41(48)40(53)27-33(43(54)50-37-19-11-15-31-13-7-9-17-35(31)37)25-29-21-23-30(24-22-29)34-26-39(52(28-34)45(56)42(49)47(4,5)6)44(55)51-38-20-12-16-32-14-8-10-18-36(32)38/h7-10,13-14,17-18,21-24,33-34,37-39,41-42H,11-12,15-16,19-20,25-28,48-49H2,1-6H3,(H,50,54)(H,51,55)/t33-,34+,37?,38?,39+,41-,42-/m1/s1. The second-order valence-electron chi connectivity index (χ2n) is 18.7. The lowest BCUT2D eigenvalue weighted by molar-refractivity contribution is -0.141. The van der Waals surface area contributed by atoms with E-state index in [4.69, 9.17) is 11.5 Å². The van der Waals surface area contributed by atoms with Gasteiger partial charge < -0.3 is 27.0 Å². The van der Waals surface area contributed by atoms with Gasteiger partial charge in [-0.3, -0.25) is 19.2 Å². The Morgan fingerprint density at radius 3 is 1.82 bits per heavy atom. The van der Waals surface area contributed by atoms with Gasteiger partial charge in [0.1, 0.15) is 6.04 Å². The van der Waals surface area contributed by atoms with E-state index in [2.05, 4.69) is 34.9 Å². The Kier molecular flexibility index (Phi) is 12.6. The normalized spacial score (nSPS) is 22.6. The number of aryl methyl sites for hydroxylation is 2. The average molecular weight is 762 g/mol. The first-order valence-corrected chi connectivity index (χ1v) is 20.7.